The Balaban J connectivity index is 1.09. The Hall–Kier alpha value is -7.94. The minimum absolute atomic E-state index is 0.849. The lowest BCUT2D eigenvalue weighted by Crippen LogP contribution is -2.10. The van der Waals surface area contributed by atoms with E-state index in [-0.39, 0.29) is 0 Å². The van der Waals surface area contributed by atoms with E-state index in [2.05, 4.69) is 241 Å². The van der Waals surface area contributed by atoms with Crippen LogP contribution >= 0.6 is 0 Å². The van der Waals surface area contributed by atoms with E-state index in [0.717, 1.165) is 60.9 Å². The number of furan rings is 1. The summed E-state index contributed by atoms with van der Waals surface area (Å²) in [4.78, 5) is 2.39. The average molecular weight is 766 g/mol. The van der Waals surface area contributed by atoms with Crippen molar-refractivity contribution in [2.45, 2.75) is 0 Å². The van der Waals surface area contributed by atoms with E-state index in [4.69, 9.17) is 4.42 Å². The van der Waals surface area contributed by atoms with Gasteiger partial charge in [-0.25, -0.2) is 0 Å². The van der Waals surface area contributed by atoms with Crippen LogP contribution in [0.2, 0.25) is 0 Å². The maximum atomic E-state index is 6.90. The van der Waals surface area contributed by atoms with Crippen molar-refractivity contribution in [3.05, 3.63) is 237 Å². The Morgan fingerprint density at radius 2 is 0.750 bits per heavy atom. The molecule has 0 saturated carbocycles. The highest BCUT2D eigenvalue weighted by molar-refractivity contribution is 6.22. The quantitative estimate of drug-likeness (QED) is 0.153. The van der Waals surface area contributed by atoms with Crippen molar-refractivity contribution in [2.75, 3.05) is 4.90 Å². The predicted octanol–water partition coefficient (Wildman–Crippen LogP) is 16.5. The summed E-state index contributed by atoms with van der Waals surface area (Å²) in [7, 11) is 0. The molecule has 0 aliphatic carbocycles. The number of rotatable bonds is 8. The monoisotopic (exact) mass is 765 g/mol. The minimum Gasteiger partial charge on any atom is -0.455 e. The third kappa shape index (κ3) is 6.41. The SMILES string of the molecule is c1ccc(-c2ccc(-c3ccc(N(c4cccc(-c5ccccc5)c4)c4cccc5oc6c7ccccc7c(-c7cccc(-c8ccccc8)c7)cc6c45)cc3)cc2)cc1. The van der Waals surface area contributed by atoms with Crippen LogP contribution in [-0.4, -0.2) is 0 Å². The van der Waals surface area contributed by atoms with Crippen LogP contribution in [0.4, 0.5) is 17.1 Å². The second-order valence-corrected chi connectivity index (χ2v) is 15.3. The zero-order valence-electron chi connectivity index (χ0n) is 32.9. The van der Waals surface area contributed by atoms with Crippen LogP contribution in [0, 0.1) is 0 Å². The highest BCUT2D eigenvalue weighted by Gasteiger charge is 2.22. The topological polar surface area (TPSA) is 16.4 Å². The molecular formula is C58H39NO. The molecule has 2 nitrogen and oxygen atoms in total. The normalized spacial score (nSPS) is 11.3. The summed E-state index contributed by atoms with van der Waals surface area (Å²) in [6.45, 7) is 0. The smallest absolute Gasteiger partial charge is 0.143 e. The number of hydrogen-bond acceptors (Lipinski definition) is 2. The van der Waals surface area contributed by atoms with Crippen molar-refractivity contribution in [1.82, 2.24) is 0 Å². The maximum absolute atomic E-state index is 6.90. The van der Waals surface area contributed by atoms with Gasteiger partial charge in [0, 0.05) is 22.1 Å². The lowest BCUT2D eigenvalue weighted by Gasteiger charge is -2.27. The van der Waals surface area contributed by atoms with Gasteiger partial charge < -0.3 is 9.32 Å². The summed E-state index contributed by atoms with van der Waals surface area (Å²) in [5.41, 5.74) is 16.7. The summed E-state index contributed by atoms with van der Waals surface area (Å²) in [5, 5.41) is 4.41. The largest absolute Gasteiger partial charge is 0.455 e. The first-order valence-electron chi connectivity index (χ1n) is 20.5. The zero-order valence-corrected chi connectivity index (χ0v) is 32.9. The third-order valence-electron chi connectivity index (χ3n) is 11.7. The fraction of sp³-hybridized carbons (Fsp3) is 0. The summed E-state index contributed by atoms with van der Waals surface area (Å²) < 4.78 is 6.90. The molecule has 282 valence electrons. The van der Waals surface area contributed by atoms with E-state index >= 15 is 0 Å². The maximum Gasteiger partial charge on any atom is 0.143 e. The predicted molar refractivity (Wildman–Crippen MR) is 253 cm³/mol. The second kappa shape index (κ2) is 15.1. The average Bonchev–Trinajstić information content (AvgIpc) is 3.72. The van der Waals surface area contributed by atoms with Crippen LogP contribution in [0.25, 0.3) is 88.3 Å². The Morgan fingerprint density at radius 1 is 0.283 bits per heavy atom. The summed E-state index contributed by atoms with van der Waals surface area (Å²) >= 11 is 0. The first-order valence-corrected chi connectivity index (χ1v) is 20.5. The van der Waals surface area contributed by atoms with E-state index in [1.54, 1.807) is 0 Å². The Morgan fingerprint density at radius 3 is 1.38 bits per heavy atom. The van der Waals surface area contributed by atoms with Gasteiger partial charge in [-0.1, -0.05) is 188 Å². The Kier molecular flexibility index (Phi) is 8.87. The molecular weight excluding hydrogens is 727 g/mol. The molecule has 0 unspecified atom stereocenters. The number of nitrogens with zero attached hydrogens (tertiary/aromatic N) is 1. The number of fused-ring (bicyclic) bond motifs is 5. The molecule has 0 N–H and O–H groups in total. The van der Waals surface area contributed by atoms with Gasteiger partial charge in [0.2, 0.25) is 0 Å². The van der Waals surface area contributed by atoms with Gasteiger partial charge in [0.05, 0.1) is 11.1 Å². The molecule has 11 rings (SSSR count). The van der Waals surface area contributed by atoms with Crippen molar-refractivity contribution in [1.29, 1.82) is 0 Å². The van der Waals surface area contributed by atoms with Crippen molar-refractivity contribution >= 4 is 49.8 Å². The van der Waals surface area contributed by atoms with E-state index in [0.29, 0.717) is 0 Å². The van der Waals surface area contributed by atoms with E-state index in [1.165, 1.54) is 44.5 Å². The molecule has 60 heavy (non-hydrogen) atoms. The highest BCUT2D eigenvalue weighted by atomic mass is 16.3. The van der Waals surface area contributed by atoms with Crippen LogP contribution < -0.4 is 4.90 Å². The molecule has 0 bridgehead atoms. The van der Waals surface area contributed by atoms with Crippen molar-refractivity contribution < 1.29 is 4.42 Å². The van der Waals surface area contributed by atoms with Crippen molar-refractivity contribution in [3.8, 4) is 55.6 Å². The molecule has 0 aliphatic heterocycles. The van der Waals surface area contributed by atoms with Crippen LogP contribution in [0.15, 0.2) is 241 Å². The van der Waals surface area contributed by atoms with Gasteiger partial charge in [-0.15, -0.1) is 0 Å². The molecule has 1 aromatic heterocycles. The Bertz CT molecular complexity index is 3280. The summed E-state index contributed by atoms with van der Waals surface area (Å²) in [6, 6.07) is 84.7. The van der Waals surface area contributed by atoms with Crippen LogP contribution in [-0.2, 0) is 0 Å². The molecule has 11 aromatic rings. The van der Waals surface area contributed by atoms with Gasteiger partial charge in [0.25, 0.3) is 0 Å². The first kappa shape index (κ1) is 35.2. The fourth-order valence-electron chi connectivity index (χ4n) is 8.72. The first-order chi connectivity index (χ1) is 29.7. The summed E-state index contributed by atoms with van der Waals surface area (Å²) in [5.74, 6) is 0. The van der Waals surface area contributed by atoms with Gasteiger partial charge in [-0.2, -0.15) is 0 Å². The van der Waals surface area contributed by atoms with Crippen LogP contribution in [0.1, 0.15) is 0 Å². The minimum atomic E-state index is 0.849. The Labute approximate surface area is 349 Å². The lowest BCUT2D eigenvalue weighted by molar-refractivity contribution is 0.672. The molecule has 0 atom stereocenters. The molecule has 1 heterocycles. The number of hydrogen-bond donors (Lipinski definition) is 0. The van der Waals surface area contributed by atoms with Crippen LogP contribution in [0.3, 0.4) is 0 Å². The van der Waals surface area contributed by atoms with E-state index in [1.807, 2.05) is 0 Å². The van der Waals surface area contributed by atoms with Gasteiger partial charge in [0.1, 0.15) is 11.2 Å². The molecule has 10 aromatic carbocycles. The molecule has 2 heteroatoms. The van der Waals surface area contributed by atoms with Crippen molar-refractivity contribution in [2.24, 2.45) is 0 Å². The second-order valence-electron chi connectivity index (χ2n) is 15.3. The van der Waals surface area contributed by atoms with Gasteiger partial charge >= 0.3 is 0 Å². The van der Waals surface area contributed by atoms with Gasteiger partial charge in [0.15, 0.2) is 0 Å². The van der Waals surface area contributed by atoms with Gasteiger partial charge in [-0.3, -0.25) is 0 Å². The molecule has 0 amide bonds. The number of anilines is 3. The van der Waals surface area contributed by atoms with Gasteiger partial charge in [-0.05, 0) is 110 Å². The molecule has 0 radical (unpaired) electrons. The van der Waals surface area contributed by atoms with Crippen molar-refractivity contribution in [3.63, 3.8) is 0 Å². The molecule has 0 saturated heterocycles. The van der Waals surface area contributed by atoms with E-state index < -0.39 is 0 Å². The van der Waals surface area contributed by atoms with Crippen LogP contribution in [0.5, 0.6) is 0 Å². The highest BCUT2D eigenvalue weighted by Crippen LogP contribution is 2.47. The lowest BCUT2D eigenvalue weighted by atomic mass is 9.93. The molecule has 0 spiro atoms. The standard InChI is InChI=1S/C58H39NO/c1-4-15-40(16-5-1)43-29-31-44(32-30-43)45-33-35-49(36-34-45)59(50-24-13-22-47(38-50)42-19-8-3-9-20-42)55-27-14-28-56-57(55)54-39-53(51-25-10-11-26-52(51)58(54)60-56)48-23-12-21-46(37-48)41-17-6-2-7-18-41/h1-39H. The third-order valence-corrected chi connectivity index (χ3v) is 11.7. The zero-order chi connectivity index (χ0) is 39.8. The van der Waals surface area contributed by atoms with E-state index in [9.17, 15) is 0 Å². The number of benzene rings is 10. The molecule has 0 aliphatic rings. The summed E-state index contributed by atoms with van der Waals surface area (Å²) in [6.07, 6.45) is 0. The molecule has 0 fully saturated rings. The fourth-order valence-corrected chi connectivity index (χ4v) is 8.72.